The van der Waals surface area contributed by atoms with Crippen LogP contribution in [-0.4, -0.2) is 31.2 Å². The molecular weight excluding hydrogens is 270 g/mol. The van der Waals surface area contributed by atoms with Crippen LogP contribution in [0.4, 0.5) is 5.13 Å². The average molecular weight is 297 g/mol. The molecule has 0 aromatic carbocycles. The Labute approximate surface area is 126 Å². The number of methoxy groups -OCH3 is 1. The smallest absolute Gasteiger partial charge is 0.186 e. The molecule has 1 aromatic heterocycles. The molecule has 0 amide bonds. The molecule has 1 aliphatic heterocycles. The molecule has 1 saturated heterocycles. The lowest BCUT2D eigenvalue weighted by molar-refractivity contribution is 0.181. The van der Waals surface area contributed by atoms with Gasteiger partial charge in [0.25, 0.3) is 0 Å². The lowest BCUT2D eigenvalue weighted by Crippen LogP contribution is -2.33. The largest absolute Gasteiger partial charge is 0.378 e. The van der Waals surface area contributed by atoms with Gasteiger partial charge in [0.15, 0.2) is 5.13 Å². The molecule has 1 aromatic rings. The summed E-state index contributed by atoms with van der Waals surface area (Å²) in [5, 5.41) is 4.58. The van der Waals surface area contributed by atoms with E-state index in [4.69, 9.17) is 9.72 Å². The molecule has 4 nitrogen and oxygen atoms in total. The zero-order valence-corrected chi connectivity index (χ0v) is 13.9. The maximum Gasteiger partial charge on any atom is 0.186 e. The minimum Gasteiger partial charge on any atom is -0.378 e. The Hall–Kier alpha value is -0.650. The second-order valence-corrected chi connectivity index (χ2v) is 6.79. The van der Waals surface area contributed by atoms with E-state index in [1.807, 2.05) is 11.3 Å². The molecule has 1 N–H and O–H groups in total. The molecular formula is C15H27N3OS. The number of rotatable bonds is 7. The molecule has 0 radical (unpaired) electrons. The molecule has 20 heavy (non-hydrogen) atoms. The van der Waals surface area contributed by atoms with E-state index in [1.54, 1.807) is 7.11 Å². The van der Waals surface area contributed by atoms with Gasteiger partial charge in [0.2, 0.25) is 0 Å². The molecule has 2 rings (SSSR count). The van der Waals surface area contributed by atoms with Gasteiger partial charge < -0.3 is 15.0 Å². The van der Waals surface area contributed by atoms with Crippen LogP contribution in [0, 0.1) is 5.92 Å². The Morgan fingerprint density at radius 2 is 2.30 bits per heavy atom. The summed E-state index contributed by atoms with van der Waals surface area (Å²) in [5.74, 6) is 0.685. The van der Waals surface area contributed by atoms with E-state index in [2.05, 4.69) is 31.0 Å². The van der Waals surface area contributed by atoms with Crippen LogP contribution in [0.25, 0.3) is 0 Å². The van der Waals surface area contributed by atoms with Gasteiger partial charge in [0, 0.05) is 31.1 Å². The predicted octanol–water partition coefficient (Wildman–Crippen LogP) is 3.02. The molecule has 0 spiro atoms. The number of nitrogens with zero attached hydrogens (tertiary/aromatic N) is 2. The molecule has 0 saturated carbocycles. The number of anilines is 1. The normalized spacial score (nSPS) is 19.2. The summed E-state index contributed by atoms with van der Waals surface area (Å²) in [7, 11) is 1.74. The molecule has 1 atom stereocenters. The minimum atomic E-state index is 0.609. The predicted molar refractivity (Wildman–Crippen MR) is 85.4 cm³/mol. The summed E-state index contributed by atoms with van der Waals surface area (Å²) < 4.78 is 5.30. The van der Waals surface area contributed by atoms with Crippen LogP contribution in [0.5, 0.6) is 0 Å². The van der Waals surface area contributed by atoms with Gasteiger partial charge in [-0.15, -0.1) is 11.3 Å². The molecule has 1 unspecified atom stereocenters. The van der Waals surface area contributed by atoms with Crippen LogP contribution >= 0.6 is 11.3 Å². The van der Waals surface area contributed by atoms with Gasteiger partial charge in [-0.25, -0.2) is 4.98 Å². The van der Waals surface area contributed by atoms with Gasteiger partial charge in [0.1, 0.15) is 0 Å². The van der Waals surface area contributed by atoms with Crippen molar-refractivity contribution in [2.75, 3.05) is 25.1 Å². The number of aromatic nitrogens is 1. The highest BCUT2D eigenvalue weighted by molar-refractivity contribution is 7.15. The van der Waals surface area contributed by atoms with Crippen molar-refractivity contribution in [2.24, 2.45) is 5.92 Å². The van der Waals surface area contributed by atoms with E-state index >= 15 is 0 Å². The van der Waals surface area contributed by atoms with E-state index in [0.29, 0.717) is 18.6 Å². The zero-order valence-electron chi connectivity index (χ0n) is 13.1. The molecule has 0 bridgehead atoms. The van der Waals surface area contributed by atoms with Gasteiger partial charge >= 0.3 is 0 Å². The molecule has 114 valence electrons. The molecule has 1 aliphatic rings. The summed E-state index contributed by atoms with van der Waals surface area (Å²) >= 11 is 1.83. The highest BCUT2D eigenvalue weighted by Crippen LogP contribution is 2.34. The fraction of sp³-hybridized carbons (Fsp3) is 0.800. The van der Waals surface area contributed by atoms with Crippen molar-refractivity contribution in [3.05, 3.63) is 10.6 Å². The molecule has 1 fully saturated rings. The highest BCUT2D eigenvalue weighted by Gasteiger charge is 2.29. The summed E-state index contributed by atoms with van der Waals surface area (Å²) in [6.07, 6.45) is 2.57. The van der Waals surface area contributed by atoms with Crippen molar-refractivity contribution in [1.29, 1.82) is 0 Å². The first-order valence-electron chi connectivity index (χ1n) is 7.62. The van der Waals surface area contributed by atoms with Crippen molar-refractivity contribution >= 4 is 16.5 Å². The minimum absolute atomic E-state index is 0.609. The zero-order chi connectivity index (χ0) is 14.5. The molecule has 0 aliphatic carbocycles. The quantitative estimate of drug-likeness (QED) is 0.839. The van der Waals surface area contributed by atoms with Gasteiger partial charge in [-0.3, -0.25) is 0 Å². The first kappa shape index (κ1) is 15.7. The second kappa shape index (κ2) is 7.38. The van der Waals surface area contributed by atoms with Crippen LogP contribution in [-0.2, 0) is 17.9 Å². The van der Waals surface area contributed by atoms with Gasteiger partial charge in [-0.05, 0) is 25.3 Å². The van der Waals surface area contributed by atoms with Gasteiger partial charge in [-0.1, -0.05) is 20.8 Å². The van der Waals surface area contributed by atoms with Crippen molar-refractivity contribution in [1.82, 2.24) is 10.3 Å². The summed E-state index contributed by atoms with van der Waals surface area (Å²) in [6.45, 7) is 10.4. The SMILES string of the molecule is CCNCc1sc(N2CCCC2C(C)C)nc1COC. The van der Waals surface area contributed by atoms with Crippen LogP contribution in [0.1, 0.15) is 44.2 Å². The van der Waals surface area contributed by atoms with E-state index in [-0.39, 0.29) is 0 Å². The third kappa shape index (κ3) is 3.51. The lowest BCUT2D eigenvalue weighted by atomic mass is 10.0. The summed E-state index contributed by atoms with van der Waals surface area (Å²) in [5.41, 5.74) is 1.10. The average Bonchev–Trinajstić information content (AvgIpc) is 3.03. The first-order chi connectivity index (χ1) is 9.67. The Kier molecular flexibility index (Phi) is 5.81. The van der Waals surface area contributed by atoms with Crippen LogP contribution in [0.3, 0.4) is 0 Å². The molecule has 5 heteroatoms. The topological polar surface area (TPSA) is 37.4 Å². The summed E-state index contributed by atoms with van der Waals surface area (Å²) in [4.78, 5) is 8.67. The Morgan fingerprint density at radius 3 is 2.95 bits per heavy atom. The Balaban J connectivity index is 2.18. The maximum absolute atomic E-state index is 5.30. The Bertz CT molecular complexity index is 419. The number of nitrogens with one attached hydrogen (secondary N) is 1. The lowest BCUT2D eigenvalue weighted by Gasteiger charge is -2.27. The standard InChI is InChI=1S/C15H27N3OS/c1-5-16-9-14-12(10-19-4)17-15(20-14)18-8-6-7-13(18)11(2)3/h11,13,16H,5-10H2,1-4H3. The number of hydrogen-bond donors (Lipinski definition) is 1. The van der Waals surface area contributed by atoms with E-state index < -0.39 is 0 Å². The third-order valence-electron chi connectivity index (χ3n) is 3.90. The second-order valence-electron chi connectivity index (χ2n) is 5.73. The third-order valence-corrected chi connectivity index (χ3v) is 5.03. The first-order valence-corrected chi connectivity index (χ1v) is 8.43. The molecule has 2 heterocycles. The monoisotopic (exact) mass is 297 g/mol. The Morgan fingerprint density at radius 1 is 1.50 bits per heavy atom. The van der Waals surface area contributed by atoms with Gasteiger partial charge in [0.05, 0.1) is 12.3 Å². The fourth-order valence-electron chi connectivity index (χ4n) is 2.84. The van der Waals surface area contributed by atoms with Crippen molar-refractivity contribution in [3.8, 4) is 0 Å². The fourth-order valence-corrected chi connectivity index (χ4v) is 3.96. The van der Waals surface area contributed by atoms with Crippen molar-refractivity contribution < 1.29 is 4.74 Å². The number of thiazole rings is 1. The summed E-state index contributed by atoms with van der Waals surface area (Å²) in [6, 6.07) is 0.642. The number of hydrogen-bond acceptors (Lipinski definition) is 5. The van der Waals surface area contributed by atoms with E-state index in [9.17, 15) is 0 Å². The van der Waals surface area contributed by atoms with Crippen molar-refractivity contribution in [2.45, 2.75) is 52.8 Å². The maximum atomic E-state index is 5.30. The van der Waals surface area contributed by atoms with Crippen LogP contribution in [0.15, 0.2) is 0 Å². The number of ether oxygens (including phenoxy) is 1. The van der Waals surface area contributed by atoms with Crippen LogP contribution < -0.4 is 10.2 Å². The van der Waals surface area contributed by atoms with Gasteiger partial charge in [-0.2, -0.15) is 0 Å². The van der Waals surface area contributed by atoms with E-state index in [0.717, 1.165) is 25.3 Å². The highest BCUT2D eigenvalue weighted by atomic mass is 32.1. The van der Waals surface area contributed by atoms with Crippen molar-refractivity contribution in [3.63, 3.8) is 0 Å². The van der Waals surface area contributed by atoms with E-state index in [1.165, 1.54) is 22.9 Å². The van der Waals surface area contributed by atoms with Crippen LogP contribution in [0.2, 0.25) is 0 Å².